The van der Waals surface area contributed by atoms with Crippen molar-refractivity contribution in [3.63, 3.8) is 0 Å². The maximum atomic E-state index is 12.8. The molecule has 0 aromatic heterocycles. The lowest BCUT2D eigenvalue weighted by Gasteiger charge is -2.54. The van der Waals surface area contributed by atoms with Gasteiger partial charge in [-0.2, -0.15) is 0 Å². The Kier molecular flexibility index (Phi) is 8.84. The number of ether oxygens (including phenoxy) is 4. The summed E-state index contributed by atoms with van der Waals surface area (Å²) < 4.78 is 25.2. The van der Waals surface area contributed by atoms with Gasteiger partial charge in [0.05, 0.1) is 18.8 Å². The molecule has 3 aliphatic heterocycles. The lowest BCUT2D eigenvalue weighted by atomic mass is 9.68. The Balaban J connectivity index is 1.54. The lowest BCUT2D eigenvalue weighted by molar-refractivity contribution is -0.191. The molecule has 0 radical (unpaired) electrons. The number of allylic oxidation sites excluding steroid dienone is 2. The van der Waals surface area contributed by atoms with E-state index in [2.05, 4.69) is 26.8 Å². The molecule has 1 aromatic rings. The van der Waals surface area contributed by atoms with Crippen LogP contribution in [-0.4, -0.2) is 59.1 Å². The summed E-state index contributed by atoms with van der Waals surface area (Å²) in [5.41, 5.74) is 1.34. The van der Waals surface area contributed by atoms with Crippen molar-refractivity contribution in [3.8, 4) is 11.5 Å². The molecule has 39 heavy (non-hydrogen) atoms. The number of nitrogens with zero attached hydrogens (tertiary/aromatic N) is 1. The van der Waals surface area contributed by atoms with Crippen LogP contribution in [0.1, 0.15) is 91.7 Å². The molecule has 0 aliphatic carbocycles. The van der Waals surface area contributed by atoms with E-state index in [4.69, 9.17) is 24.1 Å². The van der Waals surface area contributed by atoms with Crippen molar-refractivity contribution in [2.75, 3.05) is 19.7 Å². The normalized spacial score (nSPS) is 27.8. The van der Waals surface area contributed by atoms with Gasteiger partial charge >= 0.3 is 12.1 Å². The number of aliphatic carboxylic acids is 1. The first-order chi connectivity index (χ1) is 18.3. The molecule has 216 valence electrons. The van der Waals surface area contributed by atoms with Crippen LogP contribution in [0.2, 0.25) is 0 Å². The summed E-state index contributed by atoms with van der Waals surface area (Å²) in [6, 6.07) is 5.88. The largest absolute Gasteiger partial charge is 0.493 e. The van der Waals surface area contributed by atoms with Gasteiger partial charge in [-0.05, 0) is 85.8 Å². The molecule has 1 aromatic carbocycles. The van der Waals surface area contributed by atoms with Gasteiger partial charge in [0.25, 0.3) is 0 Å². The number of carboxylic acids is 1. The highest BCUT2D eigenvalue weighted by Gasteiger charge is 2.53. The van der Waals surface area contributed by atoms with Crippen molar-refractivity contribution in [2.24, 2.45) is 11.8 Å². The van der Waals surface area contributed by atoms with E-state index in [9.17, 15) is 9.59 Å². The Morgan fingerprint density at radius 1 is 1.26 bits per heavy atom. The maximum Gasteiger partial charge on any atom is 0.410 e. The highest BCUT2D eigenvalue weighted by molar-refractivity contribution is 5.68. The fourth-order valence-corrected chi connectivity index (χ4v) is 6.05. The van der Waals surface area contributed by atoms with E-state index in [-0.39, 0.29) is 36.6 Å². The SMILES string of the molecule is CC(C)=CCC[C@@]1(C)Oc2cc(OCCCC(=O)O)ccc2[C@H]2O[C@H]3CCN(C(=O)OC(C)(C)C)C[C@@H]3C[C@@H]21. The predicted octanol–water partition coefficient (Wildman–Crippen LogP) is 6.53. The van der Waals surface area contributed by atoms with Crippen LogP contribution in [0.15, 0.2) is 29.8 Å². The van der Waals surface area contributed by atoms with Gasteiger partial charge in [-0.1, -0.05) is 11.6 Å². The molecule has 8 nitrogen and oxygen atoms in total. The van der Waals surface area contributed by atoms with Gasteiger partial charge in [0.2, 0.25) is 0 Å². The fraction of sp³-hybridized carbons (Fsp3) is 0.677. The third-order valence-electron chi connectivity index (χ3n) is 7.98. The summed E-state index contributed by atoms with van der Waals surface area (Å²) in [5.74, 6) is 0.977. The summed E-state index contributed by atoms with van der Waals surface area (Å²) in [6.07, 6.45) is 5.94. The van der Waals surface area contributed by atoms with Crippen LogP contribution in [0, 0.1) is 11.8 Å². The minimum Gasteiger partial charge on any atom is -0.493 e. The molecule has 2 fully saturated rings. The van der Waals surface area contributed by atoms with E-state index >= 15 is 0 Å². The Labute approximate surface area is 232 Å². The van der Waals surface area contributed by atoms with Gasteiger partial charge in [-0.15, -0.1) is 0 Å². The summed E-state index contributed by atoms with van der Waals surface area (Å²) >= 11 is 0. The van der Waals surface area contributed by atoms with Crippen LogP contribution < -0.4 is 9.47 Å². The fourth-order valence-electron chi connectivity index (χ4n) is 6.05. The van der Waals surface area contributed by atoms with Gasteiger partial charge in [-0.25, -0.2) is 4.79 Å². The van der Waals surface area contributed by atoms with E-state index in [1.165, 1.54) is 5.57 Å². The molecule has 8 heteroatoms. The zero-order chi connectivity index (χ0) is 28.4. The Morgan fingerprint density at radius 2 is 2.03 bits per heavy atom. The summed E-state index contributed by atoms with van der Waals surface area (Å²) in [7, 11) is 0. The molecular weight excluding hydrogens is 498 g/mol. The Morgan fingerprint density at radius 3 is 2.72 bits per heavy atom. The van der Waals surface area contributed by atoms with E-state index < -0.39 is 17.2 Å². The number of fused-ring (bicyclic) bond motifs is 4. The monoisotopic (exact) mass is 543 g/mol. The van der Waals surface area contributed by atoms with Crippen molar-refractivity contribution in [1.29, 1.82) is 0 Å². The number of carbonyl (C=O) groups is 2. The quantitative estimate of drug-likeness (QED) is 0.294. The van der Waals surface area contributed by atoms with Crippen LogP contribution in [-0.2, 0) is 14.3 Å². The third-order valence-corrected chi connectivity index (χ3v) is 7.98. The van der Waals surface area contributed by atoms with Crippen molar-refractivity contribution in [1.82, 2.24) is 4.90 Å². The third kappa shape index (κ3) is 7.27. The zero-order valence-electron chi connectivity index (χ0n) is 24.3. The van der Waals surface area contributed by atoms with Crippen molar-refractivity contribution in [3.05, 3.63) is 35.4 Å². The molecule has 2 saturated heterocycles. The molecule has 3 heterocycles. The van der Waals surface area contributed by atoms with Gasteiger partial charge in [-0.3, -0.25) is 4.79 Å². The first-order valence-electron chi connectivity index (χ1n) is 14.3. The second-order valence-corrected chi connectivity index (χ2v) is 12.7. The molecule has 0 spiro atoms. The smallest absolute Gasteiger partial charge is 0.410 e. The molecule has 0 bridgehead atoms. The number of carbonyl (C=O) groups excluding carboxylic acids is 1. The highest BCUT2D eigenvalue weighted by Crippen LogP contribution is 2.55. The number of likely N-dealkylation sites (tertiary alicyclic amines) is 1. The van der Waals surface area contributed by atoms with Gasteiger partial charge in [0.1, 0.15) is 22.7 Å². The van der Waals surface area contributed by atoms with Crippen LogP contribution in [0.25, 0.3) is 0 Å². The van der Waals surface area contributed by atoms with Gasteiger partial charge < -0.3 is 29.0 Å². The molecule has 0 saturated carbocycles. The Bertz CT molecular complexity index is 1070. The zero-order valence-corrected chi connectivity index (χ0v) is 24.3. The molecule has 5 atom stereocenters. The number of amides is 1. The number of hydrogen-bond donors (Lipinski definition) is 1. The van der Waals surface area contributed by atoms with Crippen LogP contribution in [0.4, 0.5) is 4.79 Å². The highest BCUT2D eigenvalue weighted by atomic mass is 16.6. The van der Waals surface area contributed by atoms with Crippen molar-refractivity contribution in [2.45, 2.75) is 103 Å². The van der Waals surface area contributed by atoms with E-state index in [0.29, 0.717) is 31.9 Å². The minimum absolute atomic E-state index is 0.0739. The summed E-state index contributed by atoms with van der Waals surface area (Å²) in [4.78, 5) is 25.5. The summed E-state index contributed by atoms with van der Waals surface area (Å²) in [5, 5.41) is 8.89. The number of rotatable bonds is 8. The molecule has 1 amide bonds. The maximum absolute atomic E-state index is 12.8. The first-order valence-corrected chi connectivity index (χ1v) is 14.3. The van der Waals surface area contributed by atoms with Gasteiger partial charge in [0, 0.05) is 43.0 Å². The van der Waals surface area contributed by atoms with Crippen LogP contribution in [0.3, 0.4) is 0 Å². The van der Waals surface area contributed by atoms with Crippen molar-refractivity contribution < 1.29 is 33.6 Å². The minimum atomic E-state index is -0.824. The number of piperidine rings is 1. The lowest BCUT2D eigenvalue weighted by Crippen LogP contribution is -2.57. The average Bonchev–Trinajstić information content (AvgIpc) is 2.84. The van der Waals surface area contributed by atoms with Crippen LogP contribution in [0.5, 0.6) is 11.5 Å². The molecule has 3 aliphatic rings. The summed E-state index contributed by atoms with van der Waals surface area (Å²) in [6.45, 7) is 13.7. The average molecular weight is 544 g/mol. The standard InChI is InChI=1S/C31H45NO7/c1-20(2)9-7-14-31(6)24-17-21-19-32(29(35)39-30(3,4)5)15-13-25(21)37-28(24)23-12-11-22(18-26(23)38-31)36-16-8-10-27(33)34/h9,11-12,18,21,24-25,28H,7-8,10,13-17,19H2,1-6H3,(H,33,34)/t21-,24-,25-,28+,31+/m0/s1. The first kappa shape index (κ1) is 29.2. The molecular formula is C31H45NO7. The molecule has 1 N–H and O–H groups in total. The van der Waals surface area contributed by atoms with Crippen LogP contribution >= 0.6 is 0 Å². The molecule has 0 unspecified atom stereocenters. The second-order valence-electron chi connectivity index (χ2n) is 12.7. The second kappa shape index (κ2) is 11.8. The van der Waals surface area contributed by atoms with E-state index in [0.717, 1.165) is 37.0 Å². The topological polar surface area (TPSA) is 94.5 Å². The van der Waals surface area contributed by atoms with Crippen molar-refractivity contribution >= 4 is 12.1 Å². The molecule has 4 rings (SSSR count). The number of hydrogen-bond acceptors (Lipinski definition) is 6. The van der Waals surface area contributed by atoms with E-state index in [1.54, 1.807) is 0 Å². The predicted molar refractivity (Wildman–Crippen MR) is 148 cm³/mol. The van der Waals surface area contributed by atoms with E-state index in [1.807, 2.05) is 43.9 Å². The number of carboxylic acid groups (broad SMARTS) is 1. The number of benzene rings is 1. The van der Waals surface area contributed by atoms with Gasteiger partial charge in [0.15, 0.2) is 0 Å². The Hall–Kier alpha value is -2.74.